The van der Waals surface area contributed by atoms with Crippen LogP contribution >= 0.6 is 0 Å². The number of likely N-dealkylation sites (tertiary alicyclic amines) is 1. The van der Waals surface area contributed by atoms with Crippen LogP contribution in [-0.4, -0.2) is 51.9 Å². The standard InChI is InChI=1S/C19H25N5O2/c1-14-16(13-17(25)21-9-12-24-10-3-2-4-11-24)19(26)23-18(22-14)15-5-7-20-8-6-15/h5-8H,2-4,9-13H2,1H3,(H,21,25)(H,22,23,26). The third-order valence-corrected chi connectivity index (χ3v) is 4.71. The predicted octanol–water partition coefficient (Wildman–Crippen LogP) is 1.28. The fourth-order valence-electron chi connectivity index (χ4n) is 3.22. The molecule has 0 spiro atoms. The van der Waals surface area contributed by atoms with E-state index in [9.17, 15) is 9.59 Å². The maximum Gasteiger partial charge on any atom is 0.255 e. The lowest BCUT2D eigenvalue weighted by Gasteiger charge is -2.26. The molecule has 138 valence electrons. The summed E-state index contributed by atoms with van der Waals surface area (Å²) in [6, 6.07) is 3.56. The van der Waals surface area contributed by atoms with Gasteiger partial charge in [-0.25, -0.2) is 4.98 Å². The molecular weight excluding hydrogens is 330 g/mol. The van der Waals surface area contributed by atoms with Crippen LogP contribution in [0.1, 0.15) is 30.5 Å². The van der Waals surface area contributed by atoms with Crippen molar-refractivity contribution in [3.63, 3.8) is 0 Å². The minimum absolute atomic E-state index is 0.0464. The first-order valence-electron chi connectivity index (χ1n) is 9.13. The molecule has 7 heteroatoms. The first kappa shape index (κ1) is 18.3. The van der Waals surface area contributed by atoms with Gasteiger partial charge in [-0.05, 0) is 45.0 Å². The zero-order valence-electron chi connectivity index (χ0n) is 15.1. The second-order valence-electron chi connectivity index (χ2n) is 6.64. The van der Waals surface area contributed by atoms with Crippen LogP contribution in [0.3, 0.4) is 0 Å². The Morgan fingerprint density at radius 3 is 2.65 bits per heavy atom. The number of H-pyrrole nitrogens is 1. The molecular formula is C19H25N5O2. The average molecular weight is 355 g/mol. The lowest BCUT2D eigenvalue weighted by Crippen LogP contribution is -2.38. The summed E-state index contributed by atoms with van der Waals surface area (Å²) in [4.78, 5) is 38.1. The molecule has 3 heterocycles. The number of aromatic nitrogens is 3. The first-order valence-corrected chi connectivity index (χ1v) is 9.13. The lowest BCUT2D eigenvalue weighted by molar-refractivity contribution is -0.120. The molecule has 1 aliphatic rings. The molecule has 1 fully saturated rings. The van der Waals surface area contributed by atoms with Crippen LogP contribution in [0.2, 0.25) is 0 Å². The molecule has 0 saturated carbocycles. The van der Waals surface area contributed by atoms with Gasteiger partial charge in [-0.3, -0.25) is 14.6 Å². The van der Waals surface area contributed by atoms with E-state index in [0.717, 1.165) is 25.2 Å². The van der Waals surface area contributed by atoms with E-state index >= 15 is 0 Å². The topological polar surface area (TPSA) is 91.0 Å². The molecule has 0 radical (unpaired) electrons. The van der Waals surface area contributed by atoms with Gasteiger partial charge < -0.3 is 15.2 Å². The number of pyridine rings is 1. The number of carbonyl (C=O) groups excluding carboxylic acids is 1. The normalized spacial score (nSPS) is 15.0. The highest BCUT2D eigenvalue weighted by Gasteiger charge is 2.14. The SMILES string of the molecule is Cc1nc(-c2ccncc2)[nH]c(=O)c1CC(=O)NCCN1CCCCC1. The second kappa shape index (κ2) is 8.71. The number of aryl methyl sites for hydroxylation is 1. The Kier molecular flexibility index (Phi) is 6.12. The van der Waals surface area contributed by atoms with E-state index in [1.54, 1.807) is 31.5 Å². The van der Waals surface area contributed by atoms with Crippen molar-refractivity contribution in [1.29, 1.82) is 0 Å². The van der Waals surface area contributed by atoms with Gasteiger partial charge in [-0.2, -0.15) is 0 Å². The van der Waals surface area contributed by atoms with Gasteiger partial charge >= 0.3 is 0 Å². The summed E-state index contributed by atoms with van der Waals surface area (Å²) >= 11 is 0. The molecule has 3 rings (SSSR count). The van der Waals surface area contributed by atoms with E-state index in [4.69, 9.17) is 0 Å². The van der Waals surface area contributed by atoms with E-state index in [1.165, 1.54) is 19.3 Å². The molecule has 26 heavy (non-hydrogen) atoms. The van der Waals surface area contributed by atoms with E-state index in [0.29, 0.717) is 23.6 Å². The van der Waals surface area contributed by atoms with Crippen LogP contribution in [-0.2, 0) is 11.2 Å². The highest BCUT2D eigenvalue weighted by molar-refractivity contribution is 5.78. The Bertz CT molecular complexity index is 797. The maximum atomic E-state index is 12.4. The number of aromatic amines is 1. The summed E-state index contributed by atoms with van der Waals surface area (Å²) in [7, 11) is 0. The molecule has 2 aromatic heterocycles. The Hall–Kier alpha value is -2.54. The van der Waals surface area contributed by atoms with Gasteiger partial charge in [0.05, 0.1) is 6.42 Å². The van der Waals surface area contributed by atoms with Gasteiger partial charge in [-0.1, -0.05) is 6.42 Å². The zero-order valence-corrected chi connectivity index (χ0v) is 15.1. The van der Waals surface area contributed by atoms with Crippen molar-refractivity contribution in [1.82, 2.24) is 25.2 Å². The molecule has 2 aromatic rings. The number of piperidine rings is 1. The van der Waals surface area contributed by atoms with Gasteiger partial charge in [0.15, 0.2) is 0 Å². The Morgan fingerprint density at radius 1 is 1.23 bits per heavy atom. The van der Waals surface area contributed by atoms with Gasteiger partial charge in [0.25, 0.3) is 5.56 Å². The summed E-state index contributed by atoms with van der Waals surface area (Å²) in [5.41, 5.74) is 1.51. The van der Waals surface area contributed by atoms with Gasteiger partial charge in [0.2, 0.25) is 5.91 Å². The fourth-order valence-corrected chi connectivity index (χ4v) is 3.22. The monoisotopic (exact) mass is 355 g/mol. The van der Waals surface area contributed by atoms with Crippen molar-refractivity contribution < 1.29 is 4.79 Å². The zero-order chi connectivity index (χ0) is 18.4. The van der Waals surface area contributed by atoms with E-state index in [2.05, 4.69) is 25.2 Å². The minimum Gasteiger partial charge on any atom is -0.355 e. The maximum absolute atomic E-state index is 12.4. The Balaban J connectivity index is 1.58. The Labute approximate surface area is 152 Å². The number of nitrogens with one attached hydrogen (secondary N) is 2. The fraction of sp³-hybridized carbons (Fsp3) is 0.474. The molecule has 0 aromatic carbocycles. The molecule has 0 atom stereocenters. The van der Waals surface area contributed by atoms with E-state index in [-0.39, 0.29) is 17.9 Å². The predicted molar refractivity (Wildman–Crippen MR) is 99.8 cm³/mol. The van der Waals surface area contributed by atoms with Gasteiger partial charge in [0.1, 0.15) is 5.82 Å². The molecule has 1 saturated heterocycles. The van der Waals surface area contributed by atoms with Crippen LogP contribution in [0.4, 0.5) is 0 Å². The molecule has 2 N–H and O–H groups in total. The lowest BCUT2D eigenvalue weighted by atomic mass is 10.1. The third kappa shape index (κ3) is 4.76. The average Bonchev–Trinajstić information content (AvgIpc) is 2.66. The Morgan fingerprint density at radius 2 is 1.96 bits per heavy atom. The first-order chi connectivity index (χ1) is 12.6. The summed E-state index contributed by atoms with van der Waals surface area (Å²) in [5, 5.41) is 2.91. The minimum atomic E-state index is -0.268. The number of hydrogen-bond acceptors (Lipinski definition) is 5. The largest absolute Gasteiger partial charge is 0.355 e. The van der Waals surface area contributed by atoms with Crippen molar-refractivity contribution >= 4 is 5.91 Å². The van der Waals surface area contributed by atoms with Crippen LogP contribution < -0.4 is 10.9 Å². The number of rotatable bonds is 6. The van der Waals surface area contributed by atoms with Crippen LogP contribution in [0.15, 0.2) is 29.3 Å². The van der Waals surface area contributed by atoms with Gasteiger partial charge in [0, 0.05) is 42.3 Å². The van der Waals surface area contributed by atoms with E-state index in [1.807, 2.05) is 0 Å². The molecule has 0 unspecified atom stereocenters. The van der Waals surface area contributed by atoms with Crippen LogP contribution in [0.25, 0.3) is 11.4 Å². The molecule has 7 nitrogen and oxygen atoms in total. The highest BCUT2D eigenvalue weighted by atomic mass is 16.2. The van der Waals surface area contributed by atoms with Crippen molar-refractivity contribution in [3.8, 4) is 11.4 Å². The van der Waals surface area contributed by atoms with Crippen LogP contribution in [0.5, 0.6) is 0 Å². The number of nitrogens with zero attached hydrogens (tertiary/aromatic N) is 3. The van der Waals surface area contributed by atoms with Crippen molar-refractivity contribution in [3.05, 3.63) is 46.1 Å². The molecule has 0 bridgehead atoms. The van der Waals surface area contributed by atoms with Crippen molar-refractivity contribution in [2.45, 2.75) is 32.6 Å². The van der Waals surface area contributed by atoms with E-state index < -0.39 is 0 Å². The number of carbonyl (C=O) groups is 1. The second-order valence-corrected chi connectivity index (χ2v) is 6.64. The molecule has 1 aliphatic heterocycles. The van der Waals surface area contributed by atoms with Gasteiger partial charge in [-0.15, -0.1) is 0 Å². The summed E-state index contributed by atoms with van der Waals surface area (Å²) in [5.74, 6) is 0.346. The number of hydrogen-bond donors (Lipinski definition) is 2. The molecule has 1 amide bonds. The number of amides is 1. The summed E-state index contributed by atoms with van der Waals surface area (Å²) in [6.45, 7) is 5.44. The van der Waals surface area contributed by atoms with Crippen molar-refractivity contribution in [2.24, 2.45) is 0 Å². The van der Waals surface area contributed by atoms with Crippen molar-refractivity contribution in [2.75, 3.05) is 26.2 Å². The quantitative estimate of drug-likeness (QED) is 0.815. The molecule has 0 aliphatic carbocycles. The highest BCUT2D eigenvalue weighted by Crippen LogP contribution is 2.13. The third-order valence-electron chi connectivity index (χ3n) is 4.71. The van der Waals surface area contributed by atoms with Crippen LogP contribution in [0, 0.1) is 6.92 Å². The summed E-state index contributed by atoms with van der Waals surface area (Å²) in [6.07, 6.45) is 7.11. The smallest absolute Gasteiger partial charge is 0.255 e. The summed E-state index contributed by atoms with van der Waals surface area (Å²) < 4.78 is 0.